The minimum atomic E-state index is -1.40. The van der Waals surface area contributed by atoms with Gasteiger partial charge in [-0.05, 0) is 55.4 Å². The van der Waals surface area contributed by atoms with Crippen LogP contribution in [0.25, 0.3) is 0 Å². The van der Waals surface area contributed by atoms with E-state index in [0.29, 0.717) is 25.7 Å². The van der Waals surface area contributed by atoms with E-state index in [0.717, 1.165) is 49.2 Å². The molecule has 2 N–H and O–H groups in total. The minimum Gasteiger partial charge on any atom is -0.466 e. The monoisotopic (exact) mass is 607 g/mol. The first kappa shape index (κ1) is 31.1. The number of nitriles is 1. The highest BCUT2D eigenvalue weighted by atomic mass is 19.2. The number of nitrogens with one attached hydrogen (secondary N) is 2. The van der Waals surface area contributed by atoms with Crippen molar-refractivity contribution >= 4 is 18.0 Å². The standard InChI is InChI=1S/C32H35F2N5O5/c1-43-18-26-27(29(40)44-2)28(20-8-11-24(33)25(34)16-20)39(31(42)37-26)30(41)36-22-9-10-23(17-22)38-14-12-32(19-35,13-15-38)21-6-4-3-5-7-21/h3-8,11,16,22-23,28H,9-10,12-15,17-18H2,1-2H3,(H,36,41)(H,37,42)/t22-,23+,28-/m0/s1. The molecule has 44 heavy (non-hydrogen) atoms. The van der Waals surface area contributed by atoms with Crippen LogP contribution in [0.15, 0.2) is 59.8 Å². The Morgan fingerprint density at radius 3 is 2.45 bits per heavy atom. The van der Waals surface area contributed by atoms with Crippen LogP contribution in [-0.2, 0) is 19.7 Å². The topological polar surface area (TPSA) is 124 Å². The smallest absolute Gasteiger partial charge is 0.338 e. The molecule has 0 unspecified atom stereocenters. The number of ether oxygens (including phenoxy) is 2. The van der Waals surface area contributed by atoms with E-state index >= 15 is 0 Å². The van der Waals surface area contributed by atoms with Crippen LogP contribution < -0.4 is 10.6 Å². The number of benzene rings is 2. The van der Waals surface area contributed by atoms with Gasteiger partial charge >= 0.3 is 18.0 Å². The fourth-order valence-electron chi connectivity index (χ4n) is 6.64. The summed E-state index contributed by atoms with van der Waals surface area (Å²) in [4.78, 5) is 43.1. The second kappa shape index (κ2) is 13.1. The maximum Gasteiger partial charge on any atom is 0.338 e. The Morgan fingerprint density at radius 1 is 1.09 bits per heavy atom. The summed E-state index contributed by atoms with van der Waals surface area (Å²) in [7, 11) is 2.50. The van der Waals surface area contributed by atoms with E-state index in [-0.39, 0.29) is 35.5 Å². The summed E-state index contributed by atoms with van der Waals surface area (Å²) < 4.78 is 38.3. The number of esters is 1. The lowest BCUT2D eigenvalue weighted by molar-refractivity contribution is -0.137. The van der Waals surface area contributed by atoms with E-state index in [1.807, 2.05) is 30.3 Å². The molecule has 2 aromatic rings. The first-order valence-electron chi connectivity index (χ1n) is 14.6. The van der Waals surface area contributed by atoms with Crippen molar-refractivity contribution in [1.29, 1.82) is 5.26 Å². The number of amides is 4. The van der Waals surface area contributed by atoms with Gasteiger partial charge in [0.15, 0.2) is 11.6 Å². The van der Waals surface area contributed by atoms with Crippen molar-refractivity contribution < 1.29 is 32.6 Å². The normalized spacial score (nSPS) is 23.6. The molecule has 1 aliphatic carbocycles. The summed E-state index contributed by atoms with van der Waals surface area (Å²) in [6.07, 6.45) is 3.53. The maximum atomic E-state index is 14.4. The Morgan fingerprint density at radius 2 is 1.82 bits per heavy atom. The van der Waals surface area contributed by atoms with Gasteiger partial charge in [-0.25, -0.2) is 28.1 Å². The van der Waals surface area contributed by atoms with Gasteiger partial charge in [-0.3, -0.25) is 0 Å². The molecule has 0 bridgehead atoms. The molecule has 12 heteroatoms. The van der Waals surface area contributed by atoms with E-state index in [1.165, 1.54) is 13.2 Å². The molecule has 2 fully saturated rings. The number of urea groups is 2. The van der Waals surface area contributed by atoms with Crippen LogP contribution in [0.4, 0.5) is 18.4 Å². The third-order valence-corrected chi connectivity index (χ3v) is 8.95. The molecule has 0 spiro atoms. The molecule has 0 aromatic heterocycles. The van der Waals surface area contributed by atoms with Gasteiger partial charge in [0.2, 0.25) is 0 Å². The lowest BCUT2D eigenvalue weighted by Gasteiger charge is -2.40. The van der Waals surface area contributed by atoms with Gasteiger partial charge in [0.05, 0.1) is 36.5 Å². The van der Waals surface area contributed by atoms with Crippen molar-refractivity contribution in [3.05, 3.63) is 82.6 Å². The molecule has 0 radical (unpaired) electrons. The zero-order valence-corrected chi connectivity index (χ0v) is 24.6. The SMILES string of the molecule is COCC1=C(C(=O)OC)[C@H](c2ccc(F)c(F)c2)N(C(=O)N[C@H]2CC[C@@H](N3CCC(C#N)(c4ccccc4)CC3)C2)C(=O)N1. The molecule has 3 aliphatic rings. The van der Waals surface area contributed by atoms with Gasteiger partial charge < -0.3 is 25.0 Å². The molecule has 2 heterocycles. The first-order valence-corrected chi connectivity index (χ1v) is 14.6. The van der Waals surface area contributed by atoms with Gasteiger partial charge in [-0.15, -0.1) is 0 Å². The number of halogens is 2. The highest BCUT2D eigenvalue weighted by Gasteiger charge is 2.45. The van der Waals surface area contributed by atoms with Crippen LogP contribution in [0.1, 0.15) is 49.3 Å². The van der Waals surface area contributed by atoms with E-state index in [1.54, 1.807) is 0 Å². The number of hydrogen-bond acceptors (Lipinski definition) is 7. The molecule has 2 aliphatic heterocycles. The van der Waals surface area contributed by atoms with Crippen LogP contribution >= 0.6 is 0 Å². The number of carbonyl (C=O) groups excluding carboxylic acids is 3. The number of rotatable bonds is 7. The van der Waals surface area contributed by atoms with Crippen LogP contribution in [0.5, 0.6) is 0 Å². The summed E-state index contributed by atoms with van der Waals surface area (Å²) in [5.41, 5.74) is 0.445. The number of nitrogens with zero attached hydrogens (tertiary/aromatic N) is 3. The third kappa shape index (κ3) is 6.02. The van der Waals surface area contributed by atoms with Crippen molar-refractivity contribution in [3.63, 3.8) is 0 Å². The van der Waals surface area contributed by atoms with Gasteiger partial charge in [0.25, 0.3) is 0 Å². The van der Waals surface area contributed by atoms with Crippen LogP contribution in [0.2, 0.25) is 0 Å². The number of piperidine rings is 1. The predicted molar refractivity (Wildman–Crippen MR) is 155 cm³/mol. The summed E-state index contributed by atoms with van der Waals surface area (Å²) in [5.74, 6) is -3.17. The Hall–Kier alpha value is -4.34. The first-order chi connectivity index (χ1) is 21.2. The van der Waals surface area contributed by atoms with Crippen molar-refractivity contribution in [2.75, 3.05) is 33.9 Å². The molecule has 5 rings (SSSR count). The summed E-state index contributed by atoms with van der Waals surface area (Å²) in [5, 5.41) is 15.5. The zero-order chi connectivity index (χ0) is 31.4. The second-order valence-electron chi connectivity index (χ2n) is 11.4. The maximum absolute atomic E-state index is 14.4. The van der Waals surface area contributed by atoms with E-state index in [9.17, 15) is 28.4 Å². The van der Waals surface area contributed by atoms with Crippen molar-refractivity contribution in [3.8, 4) is 6.07 Å². The predicted octanol–water partition coefficient (Wildman–Crippen LogP) is 4.29. The van der Waals surface area contributed by atoms with E-state index < -0.39 is 41.1 Å². The van der Waals surface area contributed by atoms with Crippen LogP contribution in [0, 0.1) is 23.0 Å². The molecule has 1 saturated carbocycles. The minimum absolute atomic E-state index is 0.0138. The summed E-state index contributed by atoms with van der Waals surface area (Å²) in [6, 6.07) is 12.2. The number of imide groups is 1. The Balaban J connectivity index is 1.32. The average molecular weight is 608 g/mol. The summed E-state index contributed by atoms with van der Waals surface area (Å²) in [6.45, 7) is 1.30. The number of hydrogen-bond donors (Lipinski definition) is 2. The molecule has 4 amide bonds. The highest BCUT2D eigenvalue weighted by Crippen LogP contribution is 2.38. The average Bonchev–Trinajstić information content (AvgIpc) is 3.50. The molecule has 2 aromatic carbocycles. The lowest BCUT2D eigenvalue weighted by Crippen LogP contribution is -2.56. The zero-order valence-electron chi connectivity index (χ0n) is 24.6. The molecule has 1 saturated heterocycles. The number of likely N-dealkylation sites (tertiary alicyclic amines) is 1. The van der Waals surface area contributed by atoms with Gasteiger partial charge in [-0.2, -0.15) is 5.26 Å². The van der Waals surface area contributed by atoms with E-state index in [4.69, 9.17) is 9.47 Å². The fraction of sp³-hybridized carbons (Fsp3) is 0.438. The molecular weight excluding hydrogens is 572 g/mol. The van der Waals surface area contributed by atoms with Gasteiger partial charge in [0, 0.05) is 32.3 Å². The summed E-state index contributed by atoms with van der Waals surface area (Å²) >= 11 is 0. The molecule has 3 atom stereocenters. The van der Waals surface area contributed by atoms with Crippen molar-refractivity contribution in [2.45, 2.75) is 55.6 Å². The van der Waals surface area contributed by atoms with Gasteiger partial charge in [-0.1, -0.05) is 36.4 Å². The fourth-order valence-corrected chi connectivity index (χ4v) is 6.64. The quantitative estimate of drug-likeness (QED) is 0.450. The Kier molecular flexibility index (Phi) is 9.27. The van der Waals surface area contributed by atoms with E-state index in [2.05, 4.69) is 21.6 Å². The largest absolute Gasteiger partial charge is 0.466 e. The number of methoxy groups -OCH3 is 2. The van der Waals surface area contributed by atoms with Crippen molar-refractivity contribution in [2.24, 2.45) is 0 Å². The Bertz CT molecular complexity index is 1490. The third-order valence-electron chi connectivity index (χ3n) is 8.95. The van der Waals surface area contributed by atoms with Crippen molar-refractivity contribution in [1.82, 2.24) is 20.4 Å². The molecule has 10 nitrogen and oxygen atoms in total. The Labute approximate surface area is 254 Å². The van der Waals surface area contributed by atoms with Crippen LogP contribution in [0.3, 0.4) is 0 Å². The molecule has 232 valence electrons. The highest BCUT2D eigenvalue weighted by molar-refractivity contribution is 6.01. The van der Waals surface area contributed by atoms with Gasteiger partial charge in [0.1, 0.15) is 6.04 Å². The molecular formula is C32H35F2N5O5. The number of carbonyl (C=O) groups is 3. The second-order valence-corrected chi connectivity index (χ2v) is 11.4. The van der Waals surface area contributed by atoms with Crippen LogP contribution in [-0.4, -0.2) is 73.8 Å². The lowest BCUT2D eigenvalue weighted by atomic mass is 9.74.